The van der Waals surface area contributed by atoms with Crippen LogP contribution in [0.15, 0.2) is 12.2 Å². The largest absolute Gasteiger partial charge is 0.0990 e. The molecule has 0 aliphatic heterocycles. The van der Waals surface area contributed by atoms with Crippen LogP contribution in [-0.2, 0) is 0 Å². The monoisotopic (exact) mass is 108 g/mol. The Morgan fingerprint density at radius 1 is 1.75 bits per heavy atom. The van der Waals surface area contributed by atoms with Crippen molar-refractivity contribution < 1.29 is 0 Å². The van der Waals surface area contributed by atoms with E-state index < -0.39 is 0 Å². The molecule has 0 heterocycles. The van der Waals surface area contributed by atoms with Crippen molar-refractivity contribution in [2.24, 2.45) is 11.3 Å². The molecule has 1 spiro atoms. The molecule has 0 nitrogen and oxygen atoms in total. The molecular formula is C8H12. The highest BCUT2D eigenvalue weighted by atomic mass is 14.7. The van der Waals surface area contributed by atoms with Crippen molar-refractivity contribution in [1.29, 1.82) is 0 Å². The Bertz CT molecular complexity index is 140. The molecule has 0 aromatic heterocycles. The van der Waals surface area contributed by atoms with E-state index in [4.69, 9.17) is 0 Å². The van der Waals surface area contributed by atoms with Crippen LogP contribution < -0.4 is 0 Å². The zero-order chi connectivity index (χ0) is 5.78. The van der Waals surface area contributed by atoms with Gasteiger partial charge in [-0.2, -0.15) is 0 Å². The second-order valence-electron chi connectivity index (χ2n) is 3.14. The second kappa shape index (κ2) is 1.02. The lowest BCUT2D eigenvalue weighted by Gasteiger charge is -1.80. The molecule has 2 saturated carbocycles. The van der Waals surface area contributed by atoms with Crippen molar-refractivity contribution in [3.05, 3.63) is 12.2 Å². The van der Waals surface area contributed by atoms with Crippen molar-refractivity contribution >= 4 is 0 Å². The number of hydrogen-bond donors (Lipinski definition) is 0. The van der Waals surface area contributed by atoms with Gasteiger partial charge in [-0.25, -0.2) is 0 Å². The van der Waals surface area contributed by atoms with Crippen LogP contribution >= 0.6 is 0 Å². The Labute approximate surface area is 50.6 Å². The van der Waals surface area contributed by atoms with Gasteiger partial charge in [0.2, 0.25) is 0 Å². The van der Waals surface area contributed by atoms with E-state index in [1.54, 1.807) is 5.57 Å². The van der Waals surface area contributed by atoms with Crippen LogP contribution in [0.25, 0.3) is 0 Å². The van der Waals surface area contributed by atoms with Crippen molar-refractivity contribution in [2.75, 3.05) is 0 Å². The predicted octanol–water partition coefficient (Wildman–Crippen LogP) is 2.36. The van der Waals surface area contributed by atoms with Gasteiger partial charge in [0, 0.05) is 0 Å². The normalized spacial score (nSPS) is 38.1. The van der Waals surface area contributed by atoms with Gasteiger partial charge in [0.25, 0.3) is 0 Å². The van der Waals surface area contributed by atoms with Crippen LogP contribution in [0.4, 0.5) is 0 Å². The number of rotatable bonds is 1. The van der Waals surface area contributed by atoms with Crippen LogP contribution in [0.1, 0.15) is 26.2 Å². The van der Waals surface area contributed by atoms with Crippen molar-refractivity contribution in [1.82, 2.24) is 0 Å². The molecule has 8 heavy (non-hydrogen) atoms. The van der Waals surface area contributed by atoms with E-state index >= 15 is 0 Å². The molecule has 1 atom stereocenters. The average Bonchev–Trinajstić information content (AvgIpc) is 2.57. The fraction of sp³-hybridized carbons (Fsp3) is 0.750. The van der Waals surface area contributed by atoms with E-state index in [0.29, 0.717) is 0 Å². The molecule has 44 valence electrons. The summed E-state index contributed by atoms with van der Waals surface area (Å²) in [6.07, 6.45) is 4.23. The highest BCUT2D eigenvalue weighted by molar-refractivity contribution is 5.41. The van der Waals surface area contributed by atoms with Crippen LogP contribution in [0.5, 0.6) is 0 Å². The molecule has 0 amide bonds. The minimum Gasteiger partial charge on any atom is -0.0990 e. The van der Waals surface area contributed by atoms with Gasteiger partial charge in [-0.1, -0.05) is 19.1 Å². The summed E-state index contributed by atoms with van der Waals surface area (Å²) in [6, 6.07) is 0. The average molecular weight is 108 g/mol. The van der Waals surface area contributed by atoms with Crippen LogP contribution in [0.3, 0.4) is 0 Å². The lowest BCUT2D eigenvalue weighted by atomic mass is 10.2. The Morgan fingerprint density at radius 2 is 2.38 bits per heavy atom. The molecule has 2 rings (SSSR count). The van der Waals surface area contributed by atoms with Gasteiger partial charge in [-0.05, 0) is 30.6 Å². The standard InChI is InChI=1S/C8H12/c1-3-7-6(2)8(7)4-5-8/h7H,2-5H2,1H3. The summed E-state index contributed by atoms with van der Waals surface area (Å²) in [5.74, 6) is 0.933. The first kappa shape index (κ1) is 4.60. The summed E-state index contributed by atoms with van der Waals surface area (Å²) in [6.45, 7) is 6.30. The van der Waals surface area contributed by atoms with Crippen LogP contribution in [0.2, 0.25) is 0 Å². The summed E-state index contributed by atoms with van der Waals surface area (Å²) in [5.41, 5.74) is 2.29. The van der Waals surface area contributed by atoms with Crippen LogP contribution in [0, 0.1) is 11.3 Å². The van der Waals surface area contributed by atoms with E-state index in [1.807, 2.05) is 0 Å². The van der Waals surface area contributed by atoms with Gasteiger partial charge in [0.1, 0.15) is 0 Å². The summed E-state index contributed by atoms with van der Waals surface area (Å²) in [7, 11) is 0. The van der Waals surface area contributed by atoms with E-state index in [0.717, 1.165) is 11.3 Å². The lowest BCUT2D eigenvalue weighted by molar-refractivity contribution is 0.684. The number of hydrogen-bond acceptors (Lipinski definition) is 0. The molecule has 0 aromatic rings. The van der Waals surface area contributed by atoms with Gasteiger partial charge >= 0.3 is 0 Å². The Hall–Kier alpha value is -0.260. The lowest BCUT2D eigenvalue weighted by Crippen LogP contribution is -1.72. The highest BCUT2D eigenvalue weighted by Crippen LogP contribution is 2.74. The Morgan fingerprint density at radius 3 is 2.50 bits per heavy atom. The molecule has 0 N–H and O–H groups in total. The van der Waals surface area contributed by atoms with Crippen molar-refractivity contribution in [3.63, 3.8) is 0 Å². The van der Waals surface area contributed by atoms with E-state index in [9.17, 15) is 0 Å². The van der Waals surface area contributed by atoms with Crippen molar-refractivity contribution in [2.45, 2.75) is 26.2 Å². The smallest absolute Gasteiger partial charge is 0.00217 e. The summed E-state index contributed by atoms with van der Waals surface area (Å²) in [4.78, 5) is 0. The van der Waals surface area contributed by atoms with Crippen LogP contribution in [-0.4, -0.2) is 0 Å². The van der Waals surface area contributed by atoms with E-state index in [2.05, 4.69) is 13.5 Å². The third-order valence-corrected chi connectivity index (χ3v) is 2.84. The highest BCUT2D eigenvalue weighted by Gasteiger charge is 2.65. The maximum atomic E-state index is 4.03. The third kappa shape index (κ3) is 0.300. The molecule has 0 heteroatoms. The minimum absolute atomic E-state index is 0.731. The molecule has 0 radical (unpaired) electrons. The summed E-state index contributed by atoms with van der Waals surface area (Å²) >= 11 is 0. The molecule has 2 aliphatic rings. The molecular weight excluding hydrogens is 96.1 g/mol. The van der Waals surface area contributed by atoms with E-state index in [1.165, 1.54) is 19.3 Å². The maximum absolute atomic E-state index is 4.03. The van der Waals surface area contributed by atoms with Gasteiger partial charge in [0.15, 0.2) is 0 Å². The minimum atomic E-state index is 0.731. The molecule has 0 bridgehead atoms. The first-order valence-electron chi connectivity index (χ1n) is 3.50. The maximum Gasteiger partial charge on any atom is -0.00217 e. The van der Waals surface area contributed by atoms with Crippen molar-refractivity contribution in [3.8, 4) is 0 Å². The molecule has 1 unspecified atom stereocenters. The van der Waals surface area contributed by atoms with Gasteiger partial charge < -0.3 is 0 Å². The zero-order valence-electron chi connectivity index (χ0n) is 5.41. The van der Waals surface area contributed by atoms with Gasteiger partial charge in [-0.3, -0.25) is 0 Å². The number of allylic oxidation sites excluding steroid dienone is 1. The topological polar surface area (TPSA) is 0 Å². The second-order valence-corrected chi connectivity index (χ2v) is 3.14. The summed E-state index contributed by atoms with van der Waals surface area (Å²) < 4.78 is 0. The quantitative estimate of drug-likeness (QED) is 0.452. The van der Waals surface area contributed by atoms with Gasteiger partial charge in [0.05, 0.1) is 0 Å². The third-order valence-electron chi connectivity index (χ3n) is 2.84. The SMILES string of the molecule is C=C1C(CC)C12CC2. The fourth-order valence-corrected chi connectivity index (χ4v) is 2.01. The summed E-state index contributed by atoms with van der Waals surface area (Å²) in [5, 5.41) is 0. The first-order chi connectivity index (χ1) is 3.81. The van der Waals surface area contributed by atoms with E-state index in [-0.39, 0.29) is 0 Å². The molecule has 0 aromatic carbocycles. The predicted molar refractivity (Wildman–Crippen MR) is 34.6 cm³/mol. The Kier molecular flexibility index (Phi) is 0.588. The first-order valence-corrected chi connectivity index (χ1v) is 3.50. The Balaban J connectivity index is 2.15. The van der Waals surface area contributed by atoms with Gasteiger partial charge in [-0.15, -0.1) is 0 Å². The molecule has 2 aliphatic carbocycles. The molecule has 2 fully saturated rings. The fourth-order valence-electron chi connectivity index (χ4n) is 2.01. The zero-order valence-corrected chi connectivity index (χ0v) is 5.41. The molecule has 0 saturated heterocycles.